The first-order valence-corrected chi connectivity index (χ1v) is 13.6. The molecule has 0 spiro atoms. The van der Waals surface area contributed by atoms with Crippen molar-refractivity contribution in [3.05, 3.63) is 69.9 Å². The molecule has 0 saturated carbocycles. The fourth-order valence-electron chi connectivity index (χ4n) is 4.85. The number of halogens is 2. The SMILES string of the molecule is COCCN1CCOCCOCCOCCOc2cc(-c3c4cc(F)c(=O)cc-4oc4cc(C)c(F)cc34)ccc21. The molecule has 0 atom stereocenters. The van der Waals surface area contributed by atoms with Crippen molar-refractivity contribution in [1.29, 1.82) is 0 Å². The van der Waals surface area contributed by atoms with E-state index in [2.05, 4.69) is 4.90 Å². The van der Waals surface area contributed by atoms with Crippen LogP contribution in [-0.4, -0.2) is 73.1 Å². The molecule has 5 rings (SSSR count). The van der Waals surface area contributed by atoms with Crippen LogP contribution in [0.3, 0.4) is 0 Å². The van der Waals surface area contributed by atoms with Gasteiger partial charge < -0.3 is 33.0 Å². The number of benzene rings is 3. The summed E-state index contributed by atoms with van der Waals surface area (Å²) in [6, 6.07) is 10.8. The monoisotopic (exact) mass is 569 g/mol. The average molecular weight is 570 g/mol. The van der Waals surface area contributed by atoms with Crippen molar-refractivity contribution in [1.82, 2.24) is 0 Å². The molecule has 0 radical (unpaired) electrons. The summed E-state index contributed by atoms with van der Waals surface area (Å²) in [5, 5.41) is 0.448. The van der Waals surface area contributed by atoms with Crippen molar-refractivity contribution in [3.63, 3.8) is 0 Å². The molecule has 41 heavy (non-hydrogen) atoms. The minimum absolute atomic E-state index is 0.205. The number of hydrogen-bond acceptors (Lipinski definition) is 8. The van der Waals surface area contributed by atoms with E-state index in [4.69, 9.17) is 28.1 Å². The van der Waals surface area contributed by atoms with Crippen LogP contribution in [0.5, 0.6) is 5.75 Å². The number of hydrogen-bond donors (Lipinski definition) is 0. The number of anilines is 1. The predicted octanol–water partition coefficient (Wildman–Crippen LogP) is 5.05. The normalized spacial score (nSPS) is 15.8. The molecule has 1 aliphatic carbocycles. The average Bonchev–Trinajstić information content (AvgIpc) is 2.96. The van der Waals surface area contributed by atoms with Gasteiger partial charge in [0.05, 0.1) is 51.9 Å². The lowest BCUT2D eigenvalue weighted by Crippen LogP contribution is -2.31. The maximum atomic E-state index is 14.8. The second-order valence-corrected chi connectivity index (χ2v) is 9.70. The Morgan fingerprint density at radius 3 is 2.37 bits per heavy atom. The molecular weight excluding hydrogens is 536 g/mol. The molecule has 0 N–H and O–H groups in total. The summed E-state index contributed by atoms with van der Waals surface area (Å²) in [5.41, 5.74) is 2.32. The second kappa shape index (κ2) is 13.4. The standard InChI is InChI=1S/C31H33F2NO7/c1-20-15-28-22(17-24(20)32)31(23-18-25(33)27(35)19-29(23)41-28)21-3-4-26-30(16-21)40-14-13-39-12-11-38-10-9-37-8-6-34(26)5-7-36-2/h3-4,15-19H,5-14H2,1-2H3. The number of aryl methyl sites for hydroxylation is 1. The third-order valence-electron chi connectivity index (χ3n) is 6.94. The third-order valence-corrected chi connectivity index (χ3v) is 6.94. The van der Waals surface area contributed by atoms with Gasteiger partial charge in [0.25, 0.3) is 0 Å². The van der Waals surface area contributed by atoms with Gasteiger partial charge in [0.15, 0.2) is 5.82 Å². The number of fused-ring (bicyclic) bond motifs is 3. The van der Waals surface area contributed by atoms with Crippen molar-refractivity contribution in [2.75, 3.05) is 78.0 Å². The molecule has 8 nitrogen and oxygen atoms in total. The first-order valence-electron chi connectivity index (χ1n) is 13.6. The summed E-state index contributed by atoms with van der Waals surface area (Å²) >= 11 is 0. The minimum Gasteiger partial charge on any atom is -0.489 e. The van der Waals surface area contributed by atoms with Crippen molar-refractivity contribution in [2.45, 2.75) is 6.92 Å². The van der Waals surface area contributed by atoms with E-state index in [-0.39, 0.29) is 12.4 Å². The van der Waals surface area contributed by atoms with Crippen LogP contribution in [0, 0.1) is 18.6 Å². The van der Waals surface area contributed by atoms with Gasteiger partial charge in [0, 0.05) is 42.8 Å². The Morgan fingerprint density at radius 1 is 0.878 bits per heavy atom. The topological polar surface area (TPSA) is 79.6 Å². The van der Waals surface area contributed by atoms with Crippen LogP contribution in [0.1, 0.15) is 5.56 Å². The quantitative estimate of drug-likeness (QED) is 0.316. The van der Waals surface area contributed by atoms with E-state index < -0.39 is 17.1 Å². The van der Waals surface area contributed by atoms with Crippen LogP contribution >= 0.6 is 0 Å². The summed E-state index contributed by atoms with van der Waals surface area (Å²) in [5.74, 6) is -0.579. The zero-order valence-corrected chi connectivity index (χ0v) is 23.2. The number of ether oxygens (including phenoxy) is 5. The van der Waals surface area contributed by atoms with E-state index in [1.165, 1.54) is 6.07 Å². The van der Waals surface area contributed by atoms with Crippen molar-refractivity contribution < 1.29 is 36.9 Å². The smallest absolute Gasteiger partial charge is 0.217 e. The molecule has 2 aromatic carbocycles. The summed E-state index contributed by atoms with van der Waals surface area (Å²) in [6.45, 7) is 6.21. The Morgan fingerprint density at radius 2 is 1.61 bits per heavy atom. The molecule has 0 amide bonds. The fourth-order valence-corrected chi connectivity index (χ4v) is 4.85. The van der Waals surface area contributed by atoms with Gasteiger partial charge in [-0.25, -0.2) is 8.78 Å². The van der Waals surface area contributed by atoms with Gasteiger partial charge in [-0.3, -0.25) is 4.79 Å². The highest BCUT2D eigenvalue weighted by Gasteiger charge is 2.22. The molecule has 2 heterocycles. The van der Waals surface area contributed by atoms with Gasteiger partial charge in [-0.1, -0.05) is 6.07 Å². The van der Waals surface area contributed by atoms with Gasteiger partial charge in [-0.15, -0.1) is 0 Å². The Hall–Kier alpha value is -3.57. The molecule has 0 fully saturated rings. The molecule has 3 aliphatic rings. The molecule has 2 aliphatic heterocycles. The molecule has 0 saturated heterocycles. The molecular formula is C31H33F2NO7. The van der Waals surface area contributed by atoms with E-state index in [9.17, 15) is 13.6 Å². The summed E-state index contributed by atoms with van der Waals surface area (Å²) in [6.07, 6.45) is 0. The molecule has 2 aromatic rings. The second-order valence-electron chi connectivity index (χ2n) is 9.70. The van der Waals surface area contributed by atoms with Crippen LogP contribution in [0.2, 0.25) is 0 Å². The highest BCUT2D eigenvalue weighted by molar-refractivity contribution is 6.02. The van der Waals surface area contributed by atoms with Crippen LogP contribution in [0.15, 0.2) is 51.7 Å². The summed E-state index contributed by atoms with van der Waals surface area (Å²) in [7, 11) is 1.64. The Balaban J connectivity index is 1.65. The third kappa shape index (κ3) is 6.68. The first-order chi connectivity index (χ1) is 20.0. The molecule has 0 unspecified atom stereocenters. The van der Waals surface area contributed by atoms with Crippen molar-refractivity contribution in [3.8, 4) is 28.2 Å². The highest BCUT2D eigenvalue weighted by atomic mass is 19.1. The van der Waals surface area contributed by atoms with Crippen molar-refractivity contribution >= 4 is 16.7 Å². The van der Waals surface area contributed by atoms with Crippen molar-refractivity contribution in [2.24, 2.45) is 0 Å². The predicted molar refractivity (Wildman–Crippen MR) is 151 cm³/mol. The maximum Gasteiger partial charge on any atom is 0.217 e. The van der Waals surface area contributed by atoms with Gasteiger partial charge in [0.1, 0.15) is 29.5 Å². The molecule has 218 valence electrons. The lowest BCUT2D eigenvalue weighted by atomic mass is 9.92. The van der Waals surface area contributed by atoms with Gasteiger partial charge in [-0.2, -0.15) is 0 Å². The first kappa shape index (κ1) is 28.9. The zero-order chi connectivity index (χ0) is 28.8. The largest absolute Gasteiger partial charge is 0.489 e. The van der Waals surface area contributed by atoms with E-state index in [0.29, 0.717) is 98.3 Å². The van der Waals surface area contributed by atoms with E-state index >= 15 is 0 Å². The molecule has 10 heteroatoms. The fraction of sp³-hybridized carbons (Fsp3) is 0.387. The number of methoxy groups -OCH3 is 1. The van der Waals surface area contributed by atoms with Crippen LogP contribution in [0.25, 0.3) is 33.4 Å². The highest BCUT2D eigenvalue weighted by Crippen LogP contribution is 2.43. The lowest BCUT2D eigenvalue weighted by Gasteiger charge is -2.27. The summed E-state index contributed by atoms with van der Waals surface area (Å²) < 4.78 is 63.9. The summed E-state index contributed by atoms with van der Waals surface area (Å²) in [4.78, 5) is 14.2. The maximum absolute atomic E-state index is 14.8. The lowest BCUT2D eigenvalue weighted by molar-refractivity contribution is 0.0110. The van der Waals surface area contributed by atoms with Crippen LogP contribution in [-0.2, 0) is 18.9 Å². The molecule has 0 aromatic heterocycles. The number of nitrogens with zero attached hydrogens (tertiary/aromatic N) is 1. The Bertz CT molecular complexity index is 1520. The zero-order valence-electron chi connectivity index (χ0n) is 23.2. The van der Waals surface area contributed by atoms with E-state index in [0.717, 1.165) is 17.8 Å². The molecule has 0 bridgehead atoms. The number of rotatable bonds is 4. The van der Waals surface area contributed by atoms with E-state index in [1.54, 1.807) is 20.1 Å². The van der Waals surface area contributed by atoms with Gasteiger partial charge in [-0.05, 0) is 48.4 Å². The minimum atomic E-state index is -0.918. The Labute approximate surface area is 236 Å². The Kier molecular flexibility index (Phi) is 9.45. The van der Waals surface area contributed by atoms with Crippen LogP contribution < -0.4 is 15.1 Å². The van der Waals surface area contributed by atoms with Gasteiger partial charge in [0.2, 0.25) is 5.43 Å². The van der Waals surface area contributed by atoms with E-state index in [1.807, 2.05) is 18.2 Å². The van der Waals surface area contributed by atoms with Crippen LogP contribution in [0.4, 0.5) is 14.5 Å². The van der Waals surface area contributed by atoms with Gasteiger partial charge >= 0.3 is 0 Å².